The molecule has 6 nitrogen and oxygen atoms in total. The van der Waals surface area contributed by atoms with Gasteiger partial charge in [0, 0.05) is 17.4 Å². The Labute approximate surface area is 92.6 Å². The van der Waals surface area contributed by atoms with Gasteiger partial charge in [-0.05, 0) is 12.1 Å². The average Bonchev–Trinajstić information content (AvgIpc) is 2.17. The van der Waals surface area contributed by atoms with Crippen molar-refractivity contribution >= 4 is 15.2 Å². The predicted octanol–water partition coefficient (Wildman–Crippen LogP) is 0.841. The van der Waals surface area contributed by atoms with Gasteiger partial charge in [0.15, 0.2) is 0 Å². The number of hydrogen-bond acceptors (Lipinski definition) is 2. The summed E-state index contributed by atoms with van der Waals surface area (Å²) in [5.74, 6) is 0. The highest BCUT2D eigenvalue weighted by molar-refractivity contribution is 8.46. The van der Waals surface area contributed by atoms with E-state index in [9.17, 15) is 24.8 Å². The van der Waals surface area contributed by atoms with Gasteiger partial charge in [0.05, 0.1) is 12.9 Å². The quantitative estimate of drug-likeness (QED) is 0.418. The maximum absolute atomic E-state index is 11.2. The molecule has 0 saturated heterocycles. The Kier molecular flexibility index (Phi) is 3.04. The lowest BCUT2D eigenvalue weighted by Crippen LogP contribution is -2.39. The van der Waals surface area contributed by atoms with Crippen molar-refractivity contribution in [3.63, 3.8) is 0 Å². The highest BCUT2D eigenvalue weighted by Gasteiger charge is 2.46. The smallest absolute Gasteiger partial charge is 0.321 e. The molecule has 1 rings (SSSR count). The molecule has 92 valence electrons. The zero-order valence-electron chi connectivity index (χ0n) is 8.85. The third-order valence-electron chi connectivity index (χ3n) is 2.59. The number of hydrogen-bond donors (Lipinski definition) is 3. The molecule has 0 fully saturated rings. The summed E-state index contributed by atoms with van der Waals surface area (Å²) in [6.45, 7) is -4.62. The molecule has 0 saturated carbocycles. The highest BCUT2D eigenvalue weighted by atomic mass is 32.6. The first-order valence-electron chi connectivity index (χ1n) is 4.26. The molecule has 3 N–H and O–H groups in total. The third kappa shape index (κ3) is 1.61. The SMILES string of the molecule is CS(C)(c1ccccc1)([N+](=O)[O-])=P(O)(O)O. The largest absolute Gasteiger partial charge is 0.326 e. The van der Waals surface area contributed by atoms with Gasteiger partial charge in [-0.1, -0.05) is 18.2 Å². The van der Waals surface area contributed by atoms with E-state index < -0.39 is 19.6 Å². The van der Waals surface area contributed by atoms with Crippen LogP contribution in [0.2, 0.25) is 0 Å². The molecule has 0 amide bonds. The van der Waals surface area contributed by atoms with E-state index in [1.165, 1.54) is 12.1 Å². The first kappa shape index (κ1) is 13.3. The van der Waals surface area contributed by atoms with Crippen LogP contribution in [0.15, 0.2) is 35.2 Å². The molecule has 0 aromatic heterocycles. The molecular formula is C8H14NO5PS. The second kappa shape index (κ2) is 3.65. The van der Waals surface area contributed by atoms with E-state index in [1.54, 1.807) is 18.2 Å². The molecule has 0 aliphatic carbocycles. The molecule has 0 aliphatic heterocycles. The van der Waals surface area contributed by atoms with Gasteiger partial charge in [0.2, 0.25) is 0 Å². The van der Waals surface area contributed by atoms with Crippen LogP contribution in [0.5, 0.6) is 0 Å². The van der Waals surface area contributed by atoms with E-state index in [0.29, 0.717) is 0 Å². The molecule has 8 heteroatoms. The Hall–Kier alpha value is -0.720. The summed E-state index contributed by atoms with van der Waals surface area (Å²) in [4.78, 5) is 39.7. The summed E-state index contributed by atoms with van der Waals surface area (Å²) >= 11 is 0. The molecule has 0 heterocycles. The molecule has 0 spiro atoms. The molecular weight excluding hydrogens is 253 g/mol. The van der Waals surface area contributed by atoms with Crippen molar-refractivity contribution in [1.29, 1.82) is 0 Å². The number of nitrogens with zero attached hydrogens (tertiary/aromatic N) is 1. The fourth-order valence-electron chi connectivity index (χ4n) is 1.13. The van der Waals surface area contributed by atoms with Crippen molar-refractivity contribution in [2.24, 2.45) is 0 Å². The predicted molar refractivity (Wildman–Crippen MR) is 64.5 cm³/mol. The van der Waals surface area contributed by atoms with Crippen LogP contribution in [0.4, 0.5) is 0 Å². The molecule has 16 heavy (non-hydrogen) atoms. The fourth-order valence-corrected chi connectivity index (χ4v) is 4.46. The Balaban J connectivity index is 3.90. The van der Waals surface area contributed by atoms with E-state index >= 15 is 0 Å². The molecule has 1 aromatic rings. The van der Waals surface area contributed by atoms with Crippen molar-refractivity contribution in [2.45, 2.75) is 4.90 Å². The lowest BCUT2D eigenvalue weighted by Gasteiger charge is -2.36. The summed E-state index contributed by atoms with van der Waals surface area (Å²) in [5.41, 5.74) is 0. The van der Waals surface area contributed by atoms with Crippen molar-refractivity contribution < 1.29 is 19.0 Å². The third-order valence-corrected chi connectivity index (χ3v) is 11.9. The summed E-state index contributed by atoms with van der Waals surface area (Å²) in [7, 11) is -4.11. The van der Waals surface area contributed by atoms with Gasteiger partial charge in [-0.3, -0.25) is 10.1 Å². The Morgan fingerprint density at radius 1 is 1.19 bits per heavy atom. The second-order valence-corrected chi connectivity index (χ2v) is 14.0. The first-order chi connectivity index (χ1) is 7.11. The molecule has 0 aliphatic rings. The summed E-state index contributed by atoms with van der Waals surface area (Å²) in [6, 6.07) is 7.60. The summed E-state index contributed by atoms with van der Waals surface area (Å²) in [5, 5.41) is 11.2. The van der Waals surface area contributed by atoms with Gasteiger partial charge in [0.1, 0.15) is 0 Å². The Morgan fingerprint density at radius 2 is 1.62 bits per heavy atom. The first-order valence-corrected chi connectivity index (χ1v) is 9.33. The highest BCUT2D eigenvalue weighted by Crippen LogP contribution is 2.55. The van der Waals surface area contributed by atoms with E-state index in [-0.39, 0.29) is 4.90 Å². The summed E-state index contributed by atoms with van der Waals surface area (Å²) < 4.78 is -0.764. The zero-order valence-corrected chi connectivity index (χ0v) is 10.6. The number of nitro groups is 1. The van der Waals surface area contributed by atoms with Crippen molar-refractivity contribution in [3.05, 3.63) is 40.4 Å². The fraction of sp³-hybridized carbons (Fsp3) is 0.250. The van der Waals surface area contributed by atoms with Crippen molar-refractivity contribution in [3.8, 4) is 0 Å². The van der Waals surface area contributed by atoms with E-state index in [0.717, 1.165) is 12.5 Å². The van der Waals surface area contributed by atoms with Gasteiger partial charge in [-0.15, -0.1) is 0 Å². The van der Waals surface area contributed by atoms with Crippen LogP contribution in [0.25, 0.3) is 0 Å². The lowest BCUT2D eigenvalue weighted by atomic mass is 10.4. The molecule has 1 aromatic carbocycles. The molecule has 0 radical (unpaired) electrons. The number of benzene rings is 1. The van der Waals surface area contributed by atoms with Gasteiger partial charge in [0.25, 0.3) is 0 Å². The Bertz CT molecular complexity index is 506. The second-order valence-electron chi connectivity index (χ2n) is 3.86. The van der Waals surface area contributed by atoms with Crippen LogP contribution < -0.4 is 0 Å². The van der Waals surface area contributed by atoms with Crippen LogP contribution in [-0.4, -0.2) is 31.5 Å². The van der Waals surface area contributed by atoms with Crippen LogP contribution in [0.3, 0.4) is 0 Å². The summed E-state index contributed by atoms with van der Waals surface area (Å²) in [6.07, 6.45) is 2.22. The van der Waals surface area contributed by atoms with E-state index in [2.05, 4.69) is 0 Å². The zero-order chi connectivity index (χ0) is 12.6. The normalized spacial score (nSPS) is 15.2. The number of rotatable bonds is 2. The molecule has 0 atom stereocenters. The van der Waals surface area contributed by atoms with Crippen molar-refractivity contribution in [1.82, 2.24) is 0 Å². The molecule has 0 bridgehead atoms. The van der Waals surface area contributed by atoms with Gasteiger partial charge in [-0.25, -0.2) is 0 Å². The van der Waals surface area contributed by atoms with Crippen LogP contribution >= 0.6 is 6.72 Å². The average molecular weight is 267 g/mol. The van der Waals surface area contributed by atoms with Crippen molar-refractivity contribution in [2.75, 3.05) is 12.5 Å². The van der Waals surface area contributed by atoms with E-state index in [4.69, 9.17) is 0 Å². The van der Waals surface area contributed by atoms with Crippen LogP contribution in [0, 0.1) is 10.1 Å². The lowest BCUT2D eigenvalue weighted by molar-refractivity contribution is -0.302. The molecule has 0 unspecified atom stereocenters. The van der Waals surface area contributed by atoms with E-state index in [1.807, 2.05) is 0 Å². The maximum atomic E-state index is 11.2. The van der Waals surface area contributed by atoms with Gasteiger partial charge >= 0.3 is 6.72 Å². The van der Waals surface area contributed by atoms with Gasteiger partial charge < -0.3 is 14.7 Å². The Morgan fingerprint density at radius 3 is 1.94 bits per heavy atom. The van der Waals surface area contributed by atoms with Gasteiger partial charge in [-0.2, -0.15) is 0 Å². The van der Waals surface area contributed by atoms with Crippen LogP contribution in [0.1, 0.15) is 0 Å². The monoisotopic (exact) mass is 267 g/mol. The minimum Gasteiger partial charge on any atom is -0.326 e. The van der Waals surface area contributed by atoms with Crippen LogP contribution in [-0.2, 0) is 8.53 Å². The standard InChI is InChI=1S/C8H14NO5PS/c1-16(2,9(10)11,15(12,13)14)8-6-4-3-5-7-8/h3-7,12-14H,1-2H3. The minimum absolute atomic E-state index is 0.144. The maximum Gasteiger partial charge on any atom is 0.321 e. The minimum atomic E-state index is -4.62. The topological polar surface area (TPSA) is 104 Å².